The van der Waals surface area contributed by atoms with Gasteiger partial charge in [-0.15, -0.1) is 0 Å². The molecule has 0 N–H and O–H groups in total. The number of benzene rings is 2. The fraction of sp³-hybridized carbons (Fsp3) is 0.269. The highest BCUT2D eigenvalue weighted by atomic mass is 35.5. The molecule has 1 fully saturated rings. The number of fused-ring (bicyclic) bond motifs is 1. The van der Waals surface area contributed by atoms with E-state index in [1.165, 1.54) is 4.31 Å². The molecule has 10 heteroatoms. The Labute approximate surface area is 220 Å². The second-order valence-electron chi connectivity index (χ2n) is 8.85. The van der Waals surface area contributed by atoms with Crippen LogP contribution in [0.5, 0.6) is 0 Å². The Morgan fingerprint density at radius 1 is 1.00 bits per heavy atom. The molecule has 0 bridgehead atoms. The molecule has 3 heterocycles. The van der Waals surface area contributed by atoms with Crippen molar-refractivity contribution in [2.24, 2.45) is 0 Å². The van der Waals surface area contributed by atoms with Gasteiger partial charge in [-0.2, -0.15) is 4.31 Å². The number of hydrogen-bond donors (Lipinski definition) is 0. The maximum Gasteiger partial charge on any atom is 0.258 e. The number of sulfonamides is 1. The number of rotatable bonds is 4. The predicted octanol–water partition coefficient (Wildman–Crippen LogP) is 4.94. The minimum atomic E-state index is -3.71. The van der Waals surface area contributed by atoms with Gasteiger partial charge in [0.2, 0.25) is 10.0 Å². The average Bonchev–Trinajstić information content (AvgIpc) is 3.28. The zero-order valence-electron chi connectivity index (χ0n) is 20.1. The molecule has 2 aromatic carbocycles. The summed E-state index contributed by atoms with van der Waals surface area (Å²) >= 11 is 12.7. The van der Waals surface area contributed by atoms with Crippen LogP contribution in [0, 0.1) is 13.8 Å². The molecule has 0 spiro atoms. The van der Waals surface area contributed by atoms with Crippen molar-refractivity contribution in [2.75, 3.05) is 38.3 Å². The van der Waals surface area contributed by atoms with E-state index >= 15 is 0 Å². The van der Waals surface area contributed by atoms with Gasteiger partial charge in [0, 0.05) is 42.7 Å². The Morgan fingerprint density at radius 2 is 1.72 bits per heavy atom. The predicted molar refractivity (Wildman–Crippen MR) is 143 cm³/mol. The molecule has 3 aromatic rings. The van der Waals surface area contributed by atoms with Crippen LogP contribution in [0.25, 0.3) is 17.3 Å². The van der Waals surface area contributed by atoms with Crippen molar-refractivity contribution >= 4 is 56.5 Å². The maximum atomic E-state index is 13.3. The minimum absolute atomic E-state index is 0.160. The largest absolute Gasteiger partial charge is 0.379 e. The SMILES string of the molecule is Cc1cc(C=C2C(=O)N(C)c3ccc(S(=O)(=O)N4CCOCC4)cc32)c(C)n1-c1cccc(Cl)c1Cl. The van der Waals surface area contributed by atoms with Gasteiger partial charge in [-0.1, -0.05) is 29.3 Å². The number of carbonyl (C=O) groups is 1. The van der Waals surface area contributed by atoms with Crippen LogP contribution in [0.1, 0.15) is 22.5 Å². The number of ether oxygens (including phenoxy) is 1. The number of morpholine rings is 1. The number of aromatic nitrogens is 1. The Hall–Kier alpha value is -2.62. The van der Waals surface area contributed by atoms with Crippen molar-refractivity contribution in [1.29, 1.82) is 0 Å². The van der Waals surface area contributed by atoms with E-state index in [0.29, 0.717) is 53.2 Å². The third-order valence-corrected chi connectivity index (χ3v) is 9.41. The minimum Gasteiger partial charge on any atom is -0.379 e. The van der Waals surface area contributed by atoms with Gasteiger partial charge in [0.15, 0.2) is 0 Å². The molecule has 188 valence electrons. The first-order valence-electron chi connectivity index (χ1n) is 11.5. The zero-order valence-corrected chi connectivity index (χ0v) is 22.4. The van der Waals surface area contributed by atoms with Gasteiger partial charge in [-0.3, -0.25) is 4.79 Å². The van der Waals surface area contributed by atoms with E-state index in [1.807, 2.05) is 42.7 Å². The summed E-state index contributed by atoms with van der Waals surface area (Å²) in [7, 11) is -2.02. The van der Waals surface area contributed by atoms with E-state index in [1.54, 1.807) is 36.2 Å². The third-order valence-electron chi connectivity index (χ3n) is 6.70. The number of halogens is 2. The van der Waals surface area contributed by atoms with Crippen LogP contribution < -0.4 is 4.90 Å². The van der Waals surface area contributed by atoms with Crippen molar-refractivity contribution in [2.45, 2.75) is 18.7 Å². The fourth-order valence-electron chi connectivity index (χ4n) is 4.79. The van der Waals surface area contributed by atoms with E-state index in [9.17, 15) is 13.2 Å². The molecule has 1 aromatic heterocycles. The first kappa shape index (κ1) is 25.0. The zero-order chi connectivity index (χ0) is 25.8. The van der Waals surface area contributed by atoms with Crippen LogP contribution in [-0.2, 0) is 19.6 Å². The van der Waals surface area contributed by atoms with Gasteiger partial charge in [0.1, 0.15) is 0 Å². The second kappa shape index (κ2) is 9.36. The van der Waals surface area contributed by atoms with E-state index in [2.05, 4.69) is 0 Å². The molecule has 1 saturated heterocycles. The van der Waals surface area contributed by atoms with Crippen LogP contribution in [0.2, 0.25) is 10.0 Å². The summed E-state index contributed by atoms with van der Waals surface area (Å²) in [5.41, 5.74) is 5.06. The summed E-state index contributed by atoms with van der Waals surface area (Å²) in [5.74, 6) is -0.198. The normalized spacial score (nSPS) is 17.8. The molecule has 0 saturated carbocycles. The third kappa shape index (κ3) is 4.07. The van der Waals surface area contributed by atoms with Crippen LogP contribution in [0.4, 0.5) is 5.69 Å². The topological polar surface area (TPSA) is 71.8 Å². The van der Waals surface area contributed by atoms with Crippen molar-refractivity contribution in [1.82, 2.24) is 8.87 Å². The monoisotopic (exact) mass is 545 g/mol. The number of carbonyl (C=O) groups excluding carboxylic acids is 1. The summed E-state index contributed by atoms with van der Waals surface area (Å²) in [5, 5.41) is 0.900. The van der Waals surface area contributed by atoms with Crippen LogP contribution >= 0.6 is 23.2 Å². The van der Waals surface area contributed by atoms with E-state index in [4.69, 9.17) is 27.9 Å². The molecule has 7 nitrogen and oxygen atoms in total. The number of amides is 1. The lowest BCUT2D eigenvalue weighted by molar-refractivity contribution is -0.112. The summed E-state index contributed by atoms with van der Waals surface area (Å²) in [6, 6.07) is 12.3. The van der Waals surface area contributed by atoms with Crippen molar-refractivity contribution in [3.8, 4) is 5.69 Å². The van der Waals surface area contributed by atoms with Gasteiger partial charge in [0.25, 0.3) is 5.91 Å². The first-order valence-corrected chi connectivity index (χ1v) is 13.7. The average molecular weight is 546 g/mol. The Kier molecular flexibility index (Phi) is 6.51. The molecule has 0 unspecified atom stereocenters. The van der Waals surface area contributed by atoms with E-state index in [0.717, 1.165) is 22.6 Å². The van der Waals surface area contributed by atoms with Gasteiger partial charge in [-0.05, 0) is 61.9 Å². The molecule has 2 aliphatic rings. The summed E-state index contributed by atoms with van der Waals surface area (Å²) in [6.07, 6.45) is 1.81. The van der Waals surface area contributed by atoms with Gasteiger partial charge in [0.05, 0.1) is 39.5 Å². The second-order valence-corrected chi connectivity index (χ2v) is 11.6. The lowest BCUT2D eigenvalue weighted by Crippen LogP contribution is -2.40. The molecular weight excluding hydrogens is 521 g/mol. The number of hydrogen-bond acceptors (Lipinski definition) is 4. The molecule has 0 radical (unpaired) electrons. The summed E-state index contributed by atoms with van der Waals surface area (Å²) in [4.78, 5) is 14.9. The Morgan fingerprint density at radius 3 is 2.44 bits per heavy atom. The molecular formula is C26H25Cl2N3O4S. The van der Waals surface area contributed by atoms with E-state index in [-0.39, 0.29) is 10.8 Å². The van der Waals surface area contributed by atoms with Crippen LogP contribution in [-0.4, -0.2) is 56.5 Å². The highest BCUT2D eigenvalue weighted by Gasteiger charge is 2.33. The standard InChI is InChI=1S/C26H25Cl2N3O4S/c1-16-13-18(17(2)31(16)24-6-4-5-22(27)25(24)28)14-21-20-15-19(7-8-23(20)29(3)26(21)32)36(33,34)30-9-11-35-12-10-30/h4-8,13-15H,9-12H2,1-3H3. The first-order chi connectivity index (χ1) is 17.1. The Bertz CT molecular complexity index is 1520. The molecule has 0 aliphatic carbocycles. The van der Waals surface area contributed by atoms with Crippen LogP contribution in [0.15, 0.2) is 47.4 Å². The number of aryl methyl sites for hydroxylation is 1. The van der Waals surface area contributed by atoms with Gasteiger partial charge >= 0.3 is 0 Å². The highest BCUT2D eigenvalue weighted by molar-refractivity contribution is 7.89. The van der Waals surface area contributed by atoms with Crippen molar-refractivity contribution < 1.29 is 17.9 Å². The quantitative estimate of drug-likeness (QED) is 0.435. The molecule has 1 amide bonds. The smallest absolute Gasteiger partial charge is 0.258 e. The Balaban J connectivity index is 1.60. The maximum absolute atomic E-state index is 13.3. The van der Waals surface area contributed by atoms with Gasteiger partial charge in [-0.25, -0.2) is 8.42 Å². The molecule has 5 rings (SSSR count). The number of likely N-dealkylation sites (N-methyl/N-ethyl adjacent to an activating group) is 1. The molecule has 0 atom stereocenters. The number of anilines is 1. The lowest BCUT2D eigenvalue weighted by atomic mass is 10.0. The highest BCUT2D eigenvalue weighted by Crippen LogP contribution is 2.40. The van der Waals surface area contributed by atoms with Crippen LogP contribution in [0.3, 0.4) is 0 Å². The van der Waals surface area contributed by atoms with E-state index < -0.39 is 10.0 Å². The van der Waals surface area contributed by atoms with Gasteiger partial charge < -0.3 is 14.2 Å². The van der Waals surface area contributed by atoms with Crippen molar-refractivity contribution in [3.63, 3.8) is 0 Å². The summed E-state index contributed by atoms with van der Waals surface area (Å²) < 4.78 is 35.2. The fourth-order valence-corrected chi connectivity index (χ4v) is 6.60. The summed E-state index contributed by atoms with van der Waals surface area (Å²) in [6.45, 7) is 5.24. The molecule has 2 aliphatic heterocycles. The lowest BCUT2D eigenvalue weighted by Gasteiger charge is -2.26. The van der Waals surface area contributed by atoms with Crippen molar-refractivity contribution in [3.05, 3.63) is 75.0 Å². The molecule has 36 heavy (non-hydrogen) atoms. The number of nitrogens with zero attached hydrogens (tertiary/aromatic N) is 3.